The third-order valence-electron chi connectivity index (χ3n) is 5.43. The van der Waals surface area contributed by atoms with Gasteiger partial charge in [-0.15, -0.1) is 0 Å². The van der Waals surface area contributed by atoms with Gasteiger partial charge in [-0.25, -0.2) is 0 Å². The highest BCUT2D eigenvalue weighted by molar-refractivity contribution is 5.69. The molecule has 1 aliphatic rings. The van der Waals surface area contributed by atoms with E-state index >= 15 is 0 Å². The van der Waals surface area contributed by atoms with E-state index in [1.54, 1.807) is 0 Å². The number of benzene rings is 1. The largest absolute Gasteiger partial charge is 0.352 e. The van der Waals surface area contributed by atoms with E-state index in [-0.39, 0.29) is 0 Å². The summed E-state index contributed by atoms with van der Waals surface area (Å²) in [5.41, 5.74) is 4.91. The van der Waals surface area contributed by atoms with E-state index in [0.29, 0.717) is 6.04 Å². The fourth-order valence-corrected chi connectivity index (χ4v) is 4.01. The molecule has 1 aliphatic heterocycles. The zero-order valence-corrected chi connectivity index (χ0v) is 15.4. The Labute approximate surface area is 155 Å². The van der Waals surface area contributed by atoms with E-state index in [9.17, 15) is 0 Å². The SMILES string of the molecule is Cc1c(N2CCCCC2CCc2cccnc2)n[nH]c1-c1ccccc1. The molecule has 3 aromatic rings. The Bertz CT molecular complexity index is 826. The first-order chi connectivity index (χ1) is 12.8. The Morgan fingerprint density at radius 1 is 1.12 bits per heavy atom. The van der Waals surface area contributed by atoms with Crippen molar-refractivity contribution in [2.75, 3.05) is 11.4 Å². The first-order valence-corrected chi connectivity index (χ1v) is 9.59. The van der Waals surface area contributed by atoms with Gasteiger partial charge in [0.1, 0.15) is 0 Å². The van der Waals surface area contributed by atoms with Crippen LogP contribution in [0.15, 0.2) is 54.9 Å². The van der Waals surface area contributed by atoms with Crippen molar-refractivity contribution in [3.8, 4) is 11.3 Å². The highest BCUT2D eigenvalue weighted by Crippen LogP contribution is 2.32. The number of hydrogen-bond donors (Lipinski definition) is 1. The summed E-state index contributed by atoms with van der Waals surface area (Å²) in [6, 6.07) is 15.2. The molecule has 134 valence electrons. The van der Waals surface area contributed by atoms with Crippen molar-refractivity contribution in [1.82, 2.24) is 15.2 Å². The van der Waals surface area contributed by atoms with Gasteiger partial charge in [0.2, 0.25) is 0 Å². The van der Waals surface area contributed by atoms with Gasteiger partial charge in [-0.05, 0) is 56.2 Å². The minimum atomic E-state index is 0.551. The summed E-state index contributed by atoms with van der Waals surface area (Å²) >= 11 is 0. The number of piperidine rings is 1. The van der Waals surface area contributed by atoms with Gasteiger partial charge in [0.05, 0.1) is 5.69 Å². The molecule has 0 amide bonds. The van der Waals surface area contributed by atoms with E-state index < -0.39 is 0 Å². The van der Waals surface area contributed by atoms with E-state index in [2.05, 4.69) is 58.3 Å². The fourth-order valence-electron chi connectivity index (χ4n) is 4.01. The lowest BCUT2D eigenvalue weighted by Crippen LogP contribution is -2.40. The molecule has 4 heteroatoms. The van der Waals surface area contributed by atoms with Gasteiger partial charge in [-0.2, -0.15) is 5.10 Å². The smallest absolute Gasteiger partial charge is 0.154 e. The van der Waals surface area contributed by atoms with Crippen LogP contribution in [0.2, 0.25) is 0 Å². The van der Waals surface area contributed by atoms with Crippen molar-refractivity contribution in [3.05, 3.63) is 66.0 Å². The molecule has 0 saturated carbocycles. The number of aromatic nitrogens is 3. The summed E-state index contributed by atoms with van der Waals surface area (Å²) in [4.78, 5) is 6.77. The molecule has 2 aromatic heterocycles. The van der Waals surface area contributed by atoms with Crippen LogP contribution in [-0.4, -0.2) is 27.8 Å². The Kier molecular flexibility index (Phi) is 5.00. The second-order valence-corrected chi connectivity index (χ2v) is 7.16. The average molecular weight is 346 g/mol. The van der Waals surface area contributed by atoms with Gasteiger partial charge >= 0.3 is 0 Å². The van der Waals surface area contributed by atoms with E-state index in [1.807, 2.05) is 18.5 Å². The van der Waals surface area contributed by atoms with Crippen LogP contribution in [0.1, 0.15) is 36.8 Å². The average Bonchev–Trinajstić information content (AvgIpc) is 3.09. The third-order valence-corrected chi connectivity index (χ3v) is 5.43. The molecule has 3 heterocycles. The van der Waals surface area contributed by atoms with Crippen molar-refractivity contribution in [3.63, 3.8) is 0 Å². The minimum absolute atomic E-state index is 0.551. The zero-order chi connectivity index (χ0) is 17.8. The third kappa shape index (κ3) is 3.50. The van der Waals surface area contributed by atoms with Gasteiger partial charge in [-0.1, -0.05) is 36.4 Å². The zero-order valence-electron chi connectivity index (χ0n) is 15.4. The minimum Gasteiger partial charge on any atom is -0.352 e. The molecule has 26 heavy (non-hydrogen) atoms. The molecule has 1 aromatic carbocycles. The van der Waals surface area contributed by atoms with Gasteiger partial charge in [0.25, 0.3) is 0 Å². The predicted octanol–water partition coefficient (Wildman–Crippen LogP) is 4.77. The molecule has 0 radical (unpaired) electrons. The van der Waals surface area contributed by atoms with Crippen LogP contribution in [0.4, 0.5) is 5.82 Å². The quantitative estimate of drug-likeness (QED) is 0.723. The Balaban J connectivity index is 1.54. The van der Waals surface area contributed by atoms with E-state index in [0.717, 1.165) is 30.9 Å². The monoisotopic (exact) mass is 346 g/mol. The number of aryl methyl sites for hydroxylation is 1. The summed E-state index contributed by atoms with van der Waals surface area (Å²) < 4.78 is 0. The van der Waals surface area contributed by atoms with Crippen LogP contribution < -0.4 is 4.90 Å². The fraction of sp³-hybridized carbons (Fsp3) is 0.364. The van der Waals surface area contributed by atoms with E-state index in [4.69, 9.17) is 5.10 Å². The molecule has 4 rings (SSSR count). The number of anilines is 1. The first kappa shape index (κ1) is 16.8. The van der Waals surface area contributed by atoms with Crippen LogP contribution in [0.3, 0.4) is 0 Å². The standard InChI is InChI=1S/C22H26N4/c1-17-21(19-9-3-2-4-10-19)24-25-22(17)26-15-6-5-11-20(26)13-12-18-8-7-14-23-16-18/h2-4,7-10,14,16,20H,5-6,11-13,15H2,1H3,(H,24,25). The molecule has 0 spiro atoms. The molecular formula is C22H26N4. The van der Waals surface area contributed by atoms with Gasteiger partial charge in [0.15, 0.2) is 5.82 Å². The van der Waals surface area contributed by atoms with Crippen LogP contribution in [0, 0.1) is 6.92 Å². The molecule has 1 atom stereocenters. The van der Waals surface area contributed by atoms with E-state index in [1.165, 1.54) is 36.0 Å². The first-order valence-electron chi connectivity index (χ1n) is 9.59. The Morgan fingerprint density at radius 3 is 2.81 bits per heavy atom. The molecule has 1 N–H and O–H groups in total. The van der Waals surface area contributed by atoms with Crippen molar-refractivity contribution in [2.45, 2.75) is 45.1 Å². The number of pyridine rings is 1. The summed E-state index contributed by atoms with van der Waals surface area (Å²) in [6.45, 7) is 3.28. The number of nitrogens with one attached hydrogen (secondary N) is 1. The number of aromatic amines is 1. The molecule has 1 unspecified atom stereocenters. The molecular weight excluding hydrogens is 320 g/mol. The molecule has 1 saturated heterocycles. The second kappa shape index (κ2) is 7.73. The molecule has 1 fully saturated rings. The summed E-state index contributed by atoms with van der Waals surface area (Å²) in [5.74, 6) is 1.12. The maximum absolute atomic E-state index is 4.71. The van der Waals surface area contributed by atoms with Crippen LogP contribution >= 0.6 is 0 Å². The Hall–Kier alpha value is -2.62. The molecule has 0 aliphatic carbocycles. The maximum atomic E-state index is 4.71. The lowest BCUT2D eigenvalue weighted by atomic mass is 9.95. The van der Waals surface area contributed by atoms with Crippen molar-refractivity contribution >= 4 is 5.82 Å². The van der Waals surface area contributed by atoms with Gasteiger partial charge in [0, 0.05) is 30.5 Å². The van der Waals surface area contributed by atoms with Gasteiger partial charge < -0.3 is 4.90 Å². The lowest BCUT2D eigenvalue weighted by Gasteiger charge is -2.36. The normalized spacial score (nSPS) is 17.4. The summed E-state index contributed by atoms with van der Waals surface area (Å²) in [6.07, 6.45) is 9.85. The maximum Gasteiger partial charge on any atom is 0.154 e. The predicted molar refractivity (Wildman–Crippen MR) is 106 cm³/mol. The number of rotatable bonds is 5. The Morgan fingerprint density at radius 2 is 2.00 bits per heavy atom. The van der Waals surface area contributed by atoms with Crippen LogP contribution in [-0.2, 0) is 6.42 Å². The van der Waals surface area contributed by atoms with Crippen LogP contribution in [0.25, 0.3) is 11.3 Å². The lowest BCUT2D eigenvalue weighted by molar-refractivity contribution is 0.434. The summed E-state index contributed by atoms with van der Waals surface area (Å²) in [5, 5.41) is 7.99. The topological polar surface area (TPSA) is 44.8 Å². The molecule has 4 nitrogen and oxygen atoms in total. The number of hydrogen-bond acceptors (Lipinski definition) is 3. The van der Waals surface area contributed by atoms with Crippen molar-refractivity contribution in [1.29, 1.82) is 0 Å². The number of nitrogens with zero attached hydrogens (tertiary/aromatic N) is 3. The van der Waals surface area contributed by atoms with Crippen LogP contribution in [0.5, 0.6) is 0 Å². The van der Waals surface area contributed by atoms with Crippen molar-refractivity contribution in [2.24, 2.45) is 0 Å². The van der Waals surface area contributed by atoms with Crippen molar-refractivity contribution < 1.29 is 0 Å². The van der Waals surface area contributed by atoms with Gasteiger partial charge in [-0.3, -0.25) is 10.1 Å². The summed E-state index contributed by atoms with van der Waals surface area (Å²) in [7, 11) is 0. The highest BCUT2D eigenvalue weighted by atomic mass is 15.3. The highest BCUT2D eigenvalue weighted by Gasteiger charge is 2.26. The number of H-pyrrole nitrogens is 1. The molecule has 0 bridgehead atoms. The second-order valence-electron chi connectivity index (χ2n) is 7.16.